The second-order valence-corrected chi connectivity index (χ2v) is 7.15. The Morgan fingerprint density at radius 1 is 1.37 bits per heavy atom. The van der Waals surface area contributed by atoms with Gasteiger partial charge in [-0.1, -0.05) is 13.3 Å². The molecule has 3 heteroatoms. The summed E-state index contributed by atoms with van der Waals surface area (Å²) in [6, 6.07) is 2.40. The Bertz CT molecular complexity index is 386. The molecule has 1 aromatic heterocycles. The van der Waals surface area contributed by atoms with E-state index in [1.807, 2.05) is 18.4 Å². The summed E-state index contributed by atoms with van der Waals surface area (Å²) >= 11 is 1.95. The Labute approximate surface area is 122 Å². The van der Waals surface area contributed by atoms with Crippen molar-refractivity contribution in [2.24, 2.45) is 5.92 Å². The van der Waals surface area contributed by atoms with E-state index in [1.165, 1.54) is 48.5 Å². The number of hydrogen-bond donors (Lipinski definition) is 1. The van der Waals surface area contributed by atoms with Crippen molar-refractivity contribution in [2.75, 3.05) is 20.1 Å². The van der Waals surface area contributed by atoms with Crippen LogP contribution in [0.2, 0.25) is 0 Å². The van der Waals surface area contributed by atoms with E-state index >= 15 is 0 Å². The number of nitrogens with one attached hydrogen (secondary N) is 1. The van der Waals surface area contributed by atoms with Crippen LogP contribution >= 0.6 is 11.3 Å². The Balaban J connectivity index is 1.93. The van der Waals surface area contributed by atoms with Crippen LogP contribution in [0.5, 0.6) is 0 Å². The maximum atomic E-state index is 3.25. The number of nitrogens with zero attached hydrogens (tertiary/aromatic N) is 1. The normalized spacial score (nSPS) is 21.5. The highest BCUT2D eigenvalue weighted by Crippen LogP contribution is 2.25. The van der Waals surface area contributed by atoms with Gasteiger partial charge in [-0.25, -0.2) is 0 Å². The van der Waals surface area contributed by atoms with E-state index in [9.17, 15) is 0 Å². The van der Waals surface area contributed by atoms with E-state index in [0.717, 1.165) is 19.0 Å². The number of thiophene rings is 1. The van der Waals surface area contributed by atoms with Crippen LogP contribution in [0.1, 0.15) is 47.9 Å². The first-order valence-electron chi connectivity index (χ1n) is 7.68. The topological polar surface area (TPSA) is 15.3 Å². The minimum atomic E-state index is 0.966. The molecule has 1 aliphatic heterocycles. The Hall–Kier alpha value is -0.380. The van der Waals surface area contributed by atoms with Gasteiger partial charge < -0.3 is 5.32 Å². The lowest BCUT2D eigenvalue weighted by Crippen LogP contribution is -2.24. The molecule has 0 spiro atoms. The molecule has 0 bridgehead atoms. The predicted molar refractivity (Wildman–Crippen MR) is 84.7 cm³/mol. The van der Waals surface area contributed by atoms with Gasteiger partial charge >= 0.3 is 0 Å². The van der Waals surface area contributed by atoms with Crippen LogP contribution in [0.15, 0.2) is 6.07 Å². The summed E-state index contributed by atoms with van der Waals surface area (Å²) in [5.41, 5.74) is 1.55. The van der Waals surface area contributed by atoms with Crippen LogP contribution < -0.4 is 5.32 Å². The van der Waals surface area contributed by atoms with Gasteiger partial charge in [0.1, 0.15) is 0 Å². The van der Waals surface area contributed by atoms with Crippen molar-refractivity contribution in [2.45, 2.75) is 52.6 Å². The van der Waals surface area contributed by atoms with Gasteiger partial charge in [0.05, 0.1) is 0 Å². The van der Waals surface area contributed by atoms with Gasteiger partial charge in [-0.15, -0.1) is 11.3 Å². The molecule has 1 fully saturated rings. The molecule has 1 aromatic rings. The molecule has 0 saturated carbocycles. The molecule has 1 unspecified atom stereocenters. The molecule has 1 saturated heterocycles. The van der Waals surface area contributed by atoms with Gasteiger partial charge in [-0.05, 0) is 63.9 Å². The van der Waals surface area contributed by atoms with E-state index < -0.39 is 0 Å². The van der Waals surface area contributed by atoms with Gasteiger partial charge in [0, 0.05) is 22.8 Å². The summed E-state index contributed by atoms with van der Waals surface area (Å²) in [5.74, 6) is 0.966. The molecule has 1 aliphatic rings. The molecule has 2 nitrogen and oxygen atoms in total. The van der Waals surface area contributed by atoms with Gasteiger partial charge in [0.2, 0.25) is 0 Å². The lowest BCUT2D eigenvalue weighted by atomic mass is 9.98. The second-order valence-electron chi connectivity index (χ2n) is 5.81. The zero-order chi connectivity index (χ0) is 13.7. The smallest absolute Gasteiger partial charge is 0.0296 e. The molecular formula is C16H28N2S. The van der Waals surface area contributed by atoms with E-state index in [0.29, 0.717) is 0 Å². The van der Waals surface area contributed by atoms with Crippen molar-refractivity contribution >= 4 is 11.3 Å². The third-order valence-electron chi connectivity index (χ3n) is 4.33. The van der Waals surface area contributed by atoms with E-state index in [-0.39, 0.29) is 0 Å². The molecule has 2 rings (SSSR count). The third kappa shape index (κ3) is 4.30. The lowest BCUT2D eigenvalue weighted by Gasteiger charge is -2.20. The minimum absolute atomic E-state index is 0.966. The van der Waals surface area contributed by atoms with Crippen LogP contribution in [-0.4, -0.2) is 25.0 Å². The summed E-state index contributed by atoms with van der Waals surface area (Å²) in [4.78, 5) is 5.63. The van der Waals surface area contributed by atoms with Gasteiger partial charge in [-0.3, -0.25) is 4.90 Å². The summed E-state index contributed by atoms with van der Waals surface area (Å²) in [5, 5.41) is 3.25. The molecule has 0 amide bonds. The fraction of sp³-hybridized carbons (Fsp3) is 0.750. The molecule has 0 radical (unpaired) electrons. The first-order chi connectivity index (χ1) is 9.22. The van der Waals surface area contributed by atoms with Crippen LogP contribution in [0.4, 0.5) is 0 Å². The molecule has 0 aromatic carbocycles. The van der Waals surface area contributed by atoms with Gasteiger partial charge in [0.25, 0.3) is 0 Å². The highest BCUT2D eigenvalue weighted by atomic mass is 32.1. The number of hydrogen-bond acceptors (Lipinski definition) is 3. The summed E-state index contributed by atoms with van der Waals surface area (Å²) in [7, 11) is 2.02. The summed E-state index contributed by atoms with van der Waals surface area (Å²) < 4.78 is 0. The summed E-state index contributed by atoms with van der Waals surface area (Å²) in [6.45, 7) is 9.34. The van der Waals surface area contributed by atoms with Crippen molar-refractivity contribution < 1.29 is 0 Å². The lowest BCUT2D eigenvalue weighted by molar-refractivity contribution is 0.272. The zero-order valence-corrected chi connectivity index (χ0v) is 13.5. The summed E-state index contributed by atoms with van der Waals surface area (Å²) in [6.07, 6.45) is 5.56. The van der Waals surface area contributed by atoms with Crippen LogP contribution in [-0.2, 0) is 13.1 Å². The van der Waals surface area contributed by atoms with E-state index in [1.54, 1.807) is 5.56 Å². The molecule has 1 atom stereocenters. The van der Waals surface area contributed by atoms with Crippen molar-refractivity contribution in [3.05, 3.63) is 21.4 Å². The highest BCUT2D eigenvalue weighted by Gasteiger charge is 2.17. The Morgan fingerprint density at radius 2 is 2.21 bits per heavy atom. The average molecular weight is 280 g/mol. The van der Waals surface area contributed by atoms with Crippen molar-refractivity contribution in [1.29, 1.82) is 0 Å². The second kappa shape index (κ2) is 7.41. The minimum Gasteiger partial charge on any atom is -0.315 e. The molecule has 2 heterocycles. The molecule has 1 N–H and O–H groups in total. The van der Waals surface area contributed by atoms with Gasteiger partial charge in [-0.2, -0.15) is 0 Å². The average Bonchev–Trinajstić information content (AvgIpc) is 2.62. The van der Waals surface area contributed by atoms with E-state index in [4.69, 9.17) is 0 Å². The third-order valence-corrected chi connectivity index (χ3v) is 5.43. The van der Waals surface area contributed by atoms with Gasteiger partial charge in [0.15, 0.2) is 0 Å². The van der Waals surface area contributed by atoms with Crippen molar-refractivity contribution in [3.8, 4) is 0 Å². The van der Waals surface area contributed by atoms with Crippen LogP contribution in [0, 0.1) is 12.8 Å². The quantitative estimate of drug-likeness (QED) is 0.883. The first-order valence-corrected chi connectivity index (χ1v) is 8.49. The molecular weight excluding hydrogens is 252 g/mol. The predicted octanol–water partition coefficient (Wildman–Crippen LogP) is 3.79. The maximum absolute atomic E-state index is 3.25. The number of likely N-dealkylation sites (tertiary alicyclic amines) is 1. The highest BCUT2D eigenvalue weighted by molar-refractivity contribution is 7.12. The fourth-order valence-electron chi connectivity index (χ4n) is 3.04. The Kier molecular flexibility index (Phi) is 5.86. The van der Waals surface area contributed by atoms with Crippen molar-refractivity contribution in [3.63, 3.8) is 0 Å². The van der Waals surface area contributed by atoms with Crippen molar-refractivity contribution in [1.82, 2.24) is 10.2 Å². The van der Waals surface area contributed by atoms with Crippen LogP contribution in [0.25, 0.3) is 0 Å². The maximum Gasteiger partial charge on any atom is 0.0296 e. The fourth-order valence-corrected chi connectivity index (χ4v) is 4.10. The number of aryl methyl sites for hydroxylation is 1. The molecule has 108 valence electrons. The van der Waals surface area contributed by atoms with Crippen LogP contribution in [0.3, 0.4) is 0 Å². The largest absolute Gasteiger partial charge is 0.315 e. The molecule has 19 heavy (non-hydrogen) atoms. The monoisotopic (exact) mass is 280 g/mol. The Morgan fingerprint density at radius 3 is 2.95 bits per heavy atom. The first kappa shape index (κ1) is 15.0. The molecule has 0 aliphatic carbocycles. The van der Waals surface area contributed by atoms with E-state index in [2.05, 4.69) is 30.1 Å². The zero-order valence-electron chi connectivity index (χ0n) is 12.7. The number of rotatable bonds is 5. The standard InChI is InChI=1S/C16H28N2S/c1-4-14-6-5-8-18(9-7-14)12-15-10-16(11-17-3)19-13(15)2/h10,14,17H,4-9,11-12H2,1-3H3. The SMILES string of the molecule is CCC1CCCN(Cc2cc(CNC)sc2C)CC1.